The summed E-state index contributed by atoms with van der Waals surface area (Å²) in [6.07, 6.45) is 4.48. The Hall–Kier alpha value is -0.260. The molecule has 92 valence electrons. The van der Waals surface area contributed by atoms with Gasteiger partial charge in [0.2, 0.25) is 0 Å². The highest BCUT2D eigenvalue weighted by atomic mass is 14.2. The summed E-state index contributed by atoms with van der Waals surface area (Å²) in [6, 6.07) is 0. The van der Waals surface area contributed by atoms with Crippen molar-refractivity contribution >= 4 is 0 Å². The molecule has 0 bridgehead atoms. The van der Waals surface area contributed by atoms with Crippen LogP contribution in [0.25, 0.3) is 0 Å². The van der Waals surface area contributed by atoms with Crippen molar-refractivity contribution in [3.8, 4) is 0 Å². The number of rotatable bonds is 5. The fraction of sp³-hybridized carbons (Fsp3) is 0.867. The van der Waals surface area contributed by atoms with Crippen molar-refractivity contribution in [3.05, 3.63) is 12.7 Å². The maximum atomic E-state index is 3.36. The summed E-state index contributed by atoms with van der Waals surface area (Å²) in [4.78, 5) is 0. The van der Waals surface area contributed by atoms with Crippen molar-refractivity contribution in [2.75, 3.05) is 0 Å². The molecule has 0 amide bonds. The van der Waals surface area contributed by atoms with Gasteiger partial charge in [0.15, 0.2) is 0 Å². The first-order valence-electron chi connectivity index (χ1n) is 6.47. The predicted octanol–water partition coefficient (Wildman–Crippen LogP) is 5.54. The lowest BCUT2D eigenvalue weighted by atomic mass is 9.81. The maximum absolute atomic E-state index is 3.36. The van der Waals surface area contributed by atoms with Crippen molar-refractivity contribution in [2.24, 2.45) is 23.7 Å². The zero-order valence-corrected chi connectivity index (χ0v) is 12.0. The van der Waals surface area contributed by atoms with E-state index >= 15 is 0 Å². The van der Waals surface area contributed by atoms with E-state index < -0.39 is 0 Å². The fourth-order valence-corrected chi connectivity index (χ4v) is 1.67. The zero-order chi connectivity index (χ0) is 12.4. The van der Waals surface area contributed by atoms with Gasteiger partial charge in [-0.2, -0.15) is 0 Å². The van der Waals surface area contributed by atoms with Crippen LogP contribution in [0, 0.1) is 23.7 Å². The minimum absolute atomic E-state index is 0.837. The molecule has 0 aromatic rings. The molecule has 3 atom stereocenters. The van der Waals surface area contributed by atoms with Gasteiger partial charge in [-0.15, -0.1) is 6.58 Å². The molecule has 0 spiro atoms. The van der Waals surface area contributed by atoms with Crippen LogP contribution in [0.1, 0.15) is 61.3 Å². The minimum atomic E-state index is 0.837. The molecule has 0 heteroatoms. The summed E-state index contributed by atoms with van der Waals surface area (Å²) in [5.41, 5.74) is 0. The third-order valence-corrected chi connectivity index (χ3v) is 3.42. The Morgan fingerprint density at radius 1 is 1.07 bits per heavy atom. The summed E-state index contributed by atoms with van der Waals surface area (Å²) in [5, 5.41) is 0. The van der Waals surface area contributed by atoms with Gasteiger partial charge in [-0.25, -0.2) is 0 Å². The lowest BCUT2D eigenvalue weighted by molar-refractivity contribution is 0.250. The highest BCUT2D eigenvalue weighted by Gasteiger charge is 2.17. The highest BCUT2D eigenvalue weighted by Crippen LogP contribution is 2.26. The first-order chi connectivity index (χ1) is 6.90. The lowest BCUT2D eigenvalue weighted by Crippen LogP contribution is -2.16. The fourth-order valence-electron chi connectivity index (χ4n) is 1.67. The van der Waals surface area contributed by atoms with Gasteiger partial charge in [0.1, 0.15) is 0 Å². The molecule has 3 unspecified atom stereocenters. The summed E-state index contributed by atoms with van der Waals surface area (Å²) in [6.45, 7) is 19.4. The SMILES string of the molecule is C=CC.CCC(C)CC(C)C(C)C(C)C. The molecule has 0 aromatic heterocycles. The standard InChI is InChI=1S/C12H26.C3H6/c1-7-10(4)8-11(5)12(6)9(2)3;1-3-2/h9-12H,7-8H2,1-6H3;3H,1H2,2H3. The molecule has 0 saturated heterocycles. The van der Waals surface area contributed by atoms with Gasteiger partial charge in [0, 0.05) is 0 Å². The van der Waals surface area contributed by atoms with E-state index in [9.17, 15) is 0 Å². The van der Waals surface area contributed by atoms with Gasteiger partial charge in [0.05, 0.1) is 0 Å². The van der Waals surface area contributed by atoms with E-state index in [4.69, 9.17) is 0 Å². The smallest absolute Gasteiger partial charge is 0.0394 e. The molecular formula is C15H32. The van der Waals surface area contributed by atoms with Crippen molar-refractivity contribution in [1.29, 1.82) is 0 Å². The van der Waals surface area contributed by atoms with Crippen LogP contribution < -0.4 is 0 Å². The Kier molecular flexibility index (Phi) is 11.7. The summed E-state index contributed by atoms with van der Waals surface area (Å²) in [5.74, 6) is 3.50. The molecule has 0 aliphatic heterocycles. The van der Waals surface area contributed by atoms with Gasteiger partial charge in [0.25, 0.3) is 0 Å². The topological polar surface area (TPSA) is 0 Å². The van der Waals surface area contributed by atoms with Gasteiger partial charge in [-0.1, -0.05) is 54.0 Å². The third kappa shape index (κ3) is 10.0. The summed E-state index contributed by atoms with van der Waals surface area (Å²) < 4.78 is 0. The second-order valence-electron chi connectivity index (χ2n) is 5.24. The molecule has 15 heavy (non-hydrogen) atoms. The Labute approximate surface area is 98.2 Å². The molecule has 0 aromatic carbocycles. The first-order valence-corrected chi connectivity index (χ1v) is 6.47. The molecule has 0 nitrogen and oxygen atoms in total. The van der Waals surface area contributed by atoms with Crippen molar-refractivity contribution in [3.63, 3.8) is 0 Å². The molecule has 0 heterocycles. The van der Waals surface area contributed by atoms with E-state index in [0.29, 0.717) is 0 Å². The number of hydrogen-bond acceptors (Lipinski definition) is 0. The van der Waals surface area contributed by atoms with Crippen LogP contribution in [-0.4, -0.2) is 0 Å². The lowest BCUT2D eigenvalue weighted by Gasteiger charge is -2.25. The molecule has 0 N–H and O–H groups in total. The van der Waals surface area contributed by atoms with Crippen LogP contribution in [0.4, 0.5) is 0 Å². The highest BCUT2D eigenvalue weighted by molar-refractivity contribution is 4.67. The molecule has 0 radical (unpaired) electrons. The van der Waals surface area contributed by atoms with Gasteiger partial charge >= 0.3 is 0 Å². The quantitative estimate of drug-likeness (QED) is 0.525. The van der Waals surface area contributed by atoms with Gasteiger partial charge < -0.3 is 0 Å². The number of hydrogen-bond donors (Lipinski definition) is 0. The van der Waals surface area contributed by atoms with Crippen LogP contribution in [-0.2, 0) is 0 Å². The molecule has 0 aliphatic rings. The minimum Gasteiger partial charge on any atom is -0.103 e. The second kappa shape index (κ2) is 10.3. The zero-order valence-electron chi connectivity index (χ0n) is 12.0. The molecule has 0 saturated carbocycles. The van der Waals surface area contributed by atoms with Gasteiger partial charge in [-0.05, 0) is 37.0 Å². The molecule has 0 fully saturated rings. The van der Waals surface area contributed by atoms with E-state index in [1.54, 1.807) is 6.08 Å². The molecular weight excluding hydrogens is 180 g/mol. The number of allylic oxidation sites excluding steroid dienone is 1. The van der Waals surface area contributed by atoms with Crippen LogP contribution in [0.3, 0.4) is 0 Å². The van der Waals surface area contributed by atoms with E-state index in [1.807, 2.05) is 6.92 Å². The average molecular weight is 212 g/mol. The Morgan fingerprint density at radius 3 is 1.73 bits per heavy atom. The molecule has 0 aliphatic carbocycles. The summed E-state index contributed by atoms with van der Waals surface area (Å²) in [7, 11) is 0. The van der Waals surface area contributed by atoms with Crippen molar-refractivity contribution < 1.29 is 0 Å². The van der Waals surface area contributed by atoms with Crippen LogP contribution in [0.2, 0.25) is 0 Å². The first kappa shape index (κ1) is 17.1. The van der Waals surface area contributed by atoms with Crippen LogP contribution >= 0.6 is 0 Å². The average Bonchev–Trinajstić information content (AvgIpc) is 2.17. The Balaban J connectivity index is 0. The largest absolute Gasteiger partial charge is 0.103 e. The van der Waals surface area contributed by atoms with E-state index in [2.05, 4.69) is 48.1 Å². The Bertz CT molecular complexity index is 135. The Morgan fingerprint density at radius 2 is 1.47 bits per heavy atom. The van der Waals surface area contributed by atoms with E-state index in [1.165, 1.54) is 12.8 Å². The predicted molar refractivity (Wildman–Crippen MR) is 73.1 cm³/mol. The van der Waals surface area contributed by atoms with E-state index in [-0.39, 0.29) is 0 Å². The third-order valence-electron chi connectivity index (χ3n) is 3.42. The summed E-state index contributed by atoms with van der Waals surface area (Å²) >= 11 is 0. The monoisotopic (exact) mass is 212 g/mol. The van der Waals surface area contributed by atoms with Crippen LogP contribution in [0.15, 0.2) is 12.7 Å². The van der Waals surface area contributed by atoms with Gasteiger partial charge in [-0.3, -0.25) is 0 Å². The van der Waals surface area contributed by atoms with Crippen molar-refractivity contribution in [1.82, 2.24) is 0 Å². The van der Waals surface area contributed by atoms with Crippen LogP contribution in [0.5, 0.6) is 0 Å². The maximum Gasteiger partial charge on any atom is -0.0394 e. The normalized spacial score (nSPS) is 16.3. The van der Waals surface area contributed by atoms with E-state index in [0.717, 1.165) is 23.7 Å². The second-order valence-corrected chi connectivity index (χ2v) is 5.24. The van der Waals surface area contributed by atoms with Crippen molar-refractivity contribution in [2.45, 2.75) is 61.3 Å². The molecule has 0 rings (SSSR count).